The van der Waals surface area contributed by atoms with Gasteiger partial charge in [0, 0.05) is 17.7 Å². The number of nitrogens with one attached hydrogen (secondary N) is 1. The van der Waals surface area contributed by atoms with Gasteiger partial charge in [0.15, 0.2) is 0 Å². The van der Waals surface area contributed by atoms with Gasteiger partial charge in [0.05, 0.1) is 17.4 Å². The minimum absolute atomic E-state index is 0.335. The first-order chi connectivity index (χ1) is 16.2. The van der Waals surface area contributed by atoms with Crippen LogP contribution in [-0.4, -0.2) is 34.6 Å². The van der Waals surface area contributed by atoms with Gasteiger partial charge in [0.1, 0.15) is 39.2 Å². The molecule has 33 heavy (non-hydrogen) atoms. The maximum Gasteiger partial charge on any atom is 0.255 e. The summed E-state index contributed by atoms with van der Waals surface area (Å²) < 4.78 is 16.1. The Kier molecular flexibility index (Phi) is 4.82. The Bertz CT molecular complexity index is 1530. The number of benzene rings is 2. The van der Waals surface area contributed by atoms with Gasteiger partial charge in [-0.2, -0.15) is 23.5 Å². The molecule has 0 unspecified atom stereocenters. The molecule has 1 saturated carbocycles. The third-order valence-electron chi connectivity index (χ3n) is 5.33. The molecule has 0 spiro atoms. The number of ether oxygens (including phenoxy) is 1. The van der Waals surface area contributed by atoms with E-state index in [2.05, 4.69) is 35.2 Å². The quantitative estimate of drug-likeness (QED) is 0.265. The number of nitriles is 1. The van der Waals surface area contributed by atoms with E-state index in [0.29, 0.717) is 39.7 Å². The first kappa shape index (κ1) is 19.9. The Balaban J connectivity index is 1.25. The molecular weight excluding hydrogens is 456 g/mol. The number of hydrogen-bond acceptors (Lipinski definition) is 10. The van der Waals surface area contributed by atoms with E-state index in [4.69, 9.17) is 4.74 Å². The number of thioether (sulfide) groups is 1. The minimum Gasteiger partial charge on any atom is -0.457 e. The summed E-state index contributed by atoms with van der Waals surface area (Å²) in [5, 5.41) is 18.2. The fourth-order valence-electron chi connectivity index (χ4n) is 3.64. The second-order valence-corrected chi connectivity index (χ2v) is 8.90. The topological polar surface area (TPSA) is 114 Å². The lowest BCUT2D eigenvalue weighted by molar-refractivity contribution is 0.483. The SMILES string of the molecule is CSc1nc2nc(Nc3ccc(Oc4ccc5nsnc5c4)cc3)nn2c(C2CC2)c1C#N. The summed E-state index contributed by atoms with van der Waals surface area (Å²) in [6.45, 7) is 0. The molecule has 5 aromatic rings. The van der Waals surface area contributed by atoms with Crippen LogP contribution >= 0.6 is 23.5 Å². The van der Waals surface area contributed by atoms with Crippen molar-refractivity contribution in [3.05, 3.63) is 53.7 Å². The molecule has 2 aromatic carbocycles. The lowest BCUT2D eigenvalue weighted by Crippen LogP contribution is -2.05. The van der Waals surface area contributed by atoms with Gasteiger partial charge >= 0.3 is 0 Å². The summed E-state index contributed by atoms with van der Waals surface area (Å²) in [6, 6.07) is 15.5. The summed E-state index contributed by atoms with van der Waals surface area (Å²) in [5.41, 5.74) is 4.00. The zero-order valence-electron chi connectivity index (χ0n) is 17.4. The van der Waals surface area contributed by atoms with Crippen molar-refractivity contribution in [2.45, 2.75) is 23.8 Å². The van der Waals surface area contributed by atoms with E-state index in [1.54, 1.807) is 4.52 Å². The molecule has 0 bridgehead atoms. The van der Waals surface area contributed by atoms with Gasteiger partial charge in [0.2, 0.25) is 5.95 Å². The summed E-state index contributed by atoms with van der Waals surface area (Å²) in [6.07, 6.45) is 4.02. The average molecular weight is 473 g/mol. The Morgan fingerprint density at radius 2 is 1.88 bits per heavy atom. The molecule has 11 heteroatoms. The van der Waals surface area contributed by atoms with E-state index in [-0.39, 0.29) is 0 Å². The van der Waals surface area contributed by atoms with E-state index < -0.39 is 0 Å². The summed E-state index contributed by atoms with van der Waals surface area (Å²) in [4.78, 5) is 9.08. The highest BCUT2D eigenvalue weighted by Gasteiger charge is 2.32. The number of aromatic nitrogens is 6. The van der Waals surface area contributed by atoms with Crippen LogP contribution in [0.5, 0.6) is 11.5 Å². The summed E-state index contributed by atoms with van der Waals surface area (Å²) >= 11 is 2.64. The Labute approximate surface area is 196 Å². The van der Waals surface area contributed by atoms with Crippen LogP contribution in [0.15, 0.2) is 47.5 Å². The van der Waals surface area contributed by atoms with E-state index in [9.17, 15) is 5.26 Å². The maximum atomic E-state index is 9.68. The van der Waals surface area contributed by atoms with Crippen LogP contribution in [0.2, 0.25) is 0 Å². The summed E-state index contributed by atoms with van der Waals surface area (Å²) in [5.74, 6) is 2.67. The molecule has 0 aliphatic heterocycles. The van der Waals surface area contributed by atoms with Gasteiger partial charge in [-0.3, -0.25) is 0 Å². The number of rotatable bonds is 6. The van der Waals surface area contributed by atoms with Crippen molar-refractivity contribution in [3.63, 3.8) is 0 Å². The molecule has 0 amide bonds. The predicted molar refractivity (Wildman–Crippen MR) is 126 cm³/mol. The summed E-state index contributed by atoms with van der Waals surface area (Å²) in [7, 11) is 0. The largest absolute Gasteiger partial charge is 0.457 e. The predicted octanol–water partition coefficient (Wildman–Crippen LogP) is 5.14. The Hall–Kier alpha value is -3.75. The van der Waals surface area contributed by atoms with Crippen LogP contribution in [0.3, 0.4) is 0 Å². The smallest absolute Gasteiger partial charge is 0.255 e. The van der Waals surface area contributed by atoms with Crippen LogP contribution in [0.1, 0.15) is 30.0 Å². The zero-order valence-corrected chi connectivity index (χ0v) is 19.0. The van der Waals surface area contributed by atoms with Crippen molar-refractivity contribution in [1.82, 2.24) is 28.3 Å². The fourth-order valence-corrected chi connectivity index (χ4v) is 4.68. The fraction of sp³-hybridized carbons (Fsp3) is 0.182. The molecule has 1 aliphatic carbocycles. The van der Waals surface area contributed by atoms with E-state index in [0.717, 1.165) is 35.3 Å². The minimum atomic E-state index is 0.335. The second kappa shape index (κ2) is 7.99. The van der Waals surface area contributed by atoms with Gasteiger partial charge in [-0.05, 0) is 55.5 Å². The molecule has 162 valence electrons. The second-order valence-electron chi connectivity index (χ2n) is 7.58. The zero-order chi connectivity index (χ0) is 22.4. The number of fused-ring (bicyclic) bond motifs is 2. The van der Waals surface area contributed by atoms with Gasteiger partial charge in [0.25, 0.3) is 5.78 Å². The lowest BCUT2D eigenvalue weighted by atomic mass is 10.2. The van der Waals surface area contributed by atoms with E-state index in [1.165, 1.54) is 23.5 Å². The molecule has 0 saturated heterocycles. The Morgan fingerprint density at radius 1 is 1.09 bits per heavy atom. The molecule has 3 aromatic heterocycles. The van der Waals surface area contributed by atoms with Gasteiger partial charge in [-0.15, -0.1) is 16.9 Å². The Morgan fingerprint density at radius 3 is 2.64 bits per heavy atom. The average Bonchev–Trinajstić information content (AvgIpc) is 3.42. The molecule has 1 N–H and O–H groups in total. The standard InChI is InChI=1S/C22H16N8OS2/c1-32-20-16(11-23)19(12-2-3-12)30-22(25-20)26-21(27-30)24-13-4-6-14(7-5-13)31-15-8-9-17-18(10-15)29-33-28-17/h4-10,12H,2-3H2,1H3,(H,24,27). The molecular formula is C22H16N8OS2. The lowest BCUT2D eigenvalue weighted by Gasteiger charge is -2.07. The molecule has 1 aliphatic rings. The number of anilines is 2. The van der Waals surface area contributed by atoms with Gasteiger partial charge < -0.3 is 10.1 Å². The van der Waals surface area contributed by atoms with Crippen molar-refractivity contribution < 1.29 is 4.74 Å². The van der Waals surface area contributed by atoms with E-state index >= 15 is 0 Å². The number of hydrogen-bond donors (Lipinski definition) is 1. The molecule has 3 heterocycles. The van der Waals surface area contributed by atoms with Crippen molar-refractivity contribution in [1.29, 1.82) is 5.26 Å². The van der Waals surface area contributed by atoms with E-state index in [1.807, 2.05) is 48.7 Å². The normalized spacial score (nSPS) is 13.3. The van der Waals surface area contributed by atoms with Crippen molar-refractivity contribution in [2.24, 2.45) is 0 Å². The van der Waals surface area contributed by atoms with Crippen molar-refractivity contribution in [3.8, 4) is 17.6 Å². The highest BCUT2D eigenvalue weighted by atomic mass is 32.2. The van der Waals surface area contributed by atoms with Crippen LogP contribution in [-0.2, 0) is 0 Å². The highest BCUT2D eigenvalue weighted by Crippen LogP contribution is 2.43. The first-order valence-electron chi connectivity index (χ1n) is 10.2. The van der Waals surface area contributed by atoms with Gasteiger partial charge in [-0.25, -0.2) is 4.98 Å². The van der Waals surface area contributed by atoms with Crippen LogP contribution < -0.4 is 10.1 Å². The molecule has 9 nitrogen and oxygen atoms in total. The van der Waals surface area contributed by atoms with Crippen LogP contribution in [0.25, 0.3) is 16.8 Å². The van der Waals surface area contributed by atoms with Crippen LogP contribution in [0, 0.1) is 11.3 Å². The third kappa shape index (κ3) is 3.73. The monoisotopic (exact) mass is 472 g/mol. The molecule has 0 radical (unpaired) electrons. The van der Waals surface area contributed by atoms with Gasteiger partial charge in [-0.1, -0.05) is 0 Å². The first-order valence-corrected chi connectivity index (χ1v) is 12.2. The van der Waals surface area contributed by atoms with Crippen LogP contribution in [0.4, 0.5) is 11.6 Å². The molecule has 0 atom stereocenters. The maximum absolute atomic E-state index is 9.68. The molecule has 6 rings (SSSR count). The van der Waals surface area contributed by atoms with Crippen molar-refractivity contribution in [2.75, 3.05) is 11.6 Å². The van der Waals surface area contributed by atoms with Crippen molar-refractivity contribution >= 4 is 51.9 Å². The molecule has 1 fully saturated rings. The number of nitrogens with zero attached hydrogens (tertiary/aromatic N) is 7. The highest BCUT2D eigenvalue weighted by molar-refractivity contribution is 7.98. The third-order valence-corrected chi connectivity index (χ3v) is 6.57.